The van der Waals surface area contributed by atoms with Gasteiger partial charge >= 0.3 is 21.1 Å². The maximum Gasteiger partial charge on any atom is 2.00 e. The molecule has 10 aromatic rings. The molecule has 12 rings (SSSR count). The Morgan fingerprint density at radius 3 is 1.89 bits per heavy atom. The topological polar surface area (TPSA) is 50.3 Å². The van der Waals surface area contributed by atoms with Crippen LogP contribution in [0.2, 0.25) is 0 Å². The van der Waals surface area contributed by atoms with Crippen LogP contribution >= 0.6 is 0 Å². The molecule has 3 aromatic heterocycles. The van der Waals surface area contributed by atoms with E-state index >= 15 is 0 Å². The van der Waals surface area contributed by atoms with Gasteiger partial charge in [-0.2, -0.15) is 11.5 Å². The van der Waals surface area contributed by atoms with Crippen LogP contribution in [0, 0.1) is 53.7 Å². The molecule has 0 atom stereocenters. The summed E-state index contributed by atoms with van der Waals surface area (Å²) in [7, 11) is 0. The largest absolute Gasteiger partial charge is 2.00 e. The van der Waals surface area contributed by atoms with Gasteiger partial charge in [-0.25, -0.2) is 4.98 Å². The van der Waals surface area contributed by atoms with Crippen LogP contribution in [0.15, 0.2) is 132 Å². The zero-order valence-corrected chi connectivity index (χ0v) is 39.1. The van der Waals surface area contributed by atoms with Crippen LogP contribution in [0.5, 0.6) is 0 Å². The second-order valence-electron chi connectivity index (χ2n) is 17.5. The molecular formula is C56H44BN5OPt. The molecule has 5 heterocycles. The van der Waals surface area contributed by atoms with E-state index in [1.54, 1.807) is 0 Å². The fraction of sp³-hybridized carbons (Fsp3) is 0.143. The molecule has 0 amide bonds. The van der Waals surface area contributed by atoms with Gasteiger partial charge in [-0.05, 0) is 135 Å². The third kappa shape index (κ3) is 5.90. The van der Waals surface area contributed by atoms with Crippen molar-refractivity contribution in [2.75, 3.05) is 9.80 Å². The van der Waals surface area contributed by atoms with Gasteiger partial charge < -0.3 is 18.8 Å². The van der Waals surface area contributed by atoms with Gasteiger partial charge in [0.1, 0.15) is 17.3 Å². The number of anilines is 6. The van der Waals surface area contributed by atoms with Crippen LogP contribution in [0.4, 0.5) is 34.1 Å². The Morgan fingerprint density at radius 2 is 1.23 bits per heavy atom. The number of benzene rings is 7. The Balaban J connectivity index is 0.00000456. The number of para-hydroxylation sites is 3. The SMILES string of the molecule is CCc1cc2c3c(c1)N(c1c(C)cc(C)cc1C)c1cc4c5ccccc5n(-c5ccccn5)c4[c-]c1B3c1[c-]c(-c3nc4ccccc4o3)ccc1N2c1c(C)cc(C)cc1C.[Pt+2]. The minimum atomic E-state index is -0.237. The molecule has 312 valence electrons. The molecule has 7 aromatic carbocycles. The Bertz CT molecular complexity index is 3470. The van der Waals surface area contributed by atoms with Crippen LogP contribution in [0.25, 0.3) is 50.2 Å². The van der Waals surface area contributed by atoms with Gasteiger partial charge in [0, 0.05) is 34.5 Å². The molecule has 6 nitrogen and oxygen atoms in total. The smallest absolute Gasteiger partial charge is 0.481 e. The number of oxazole rings is 1. The summed E-state index contributed by atoms with van der Waals surface area (Å²) >= 11 is 0. The van der Waals surface area contributed by atoms with Gasteiger partial charge in [0.05, 0.1) is 5.52 Å². The van der Waals surface area contributed by atoms with Gasteiger partial charge in [0.2, 0.25) is 6.71 Å². The normalized spacial score (nSPS) is 12.8. The summed E-state index contributed by atoms with van der Waals surface area (Å²) in [6.45, 7) is 15.4. The van der Waals surface area contributed by atoms with Crippen molar-refractivity contribution in [1.29, 1.82) is 0 Å². The number of pyridine rings is 1. The summed E-state index contributed by atoms with van der Waals surface area (Å²) in [4.78, 5) is 15.0. The van der Waals surface area contributed by atoms with E-state index in [0.29, 0.717) is 5.89 Å². The number of fused-ring (bicyclic) bond motifs is 8. The molecular weight excluding hydrogens is 965 g/mol. The van der Waals surface area contributed by atoms with Crippen molar-refractivity contribution in [3.05, 3.63) is 179 Å². The average Bonchev–Trinajstić information content (AvgIpc) is 3.86. The maximum absolute atomic E-state index is 6.47. The molecule has 2 aliphatic heterocycles. The first-order valence-electron chi connectivity index (χ1n) is 21.9. The van der Waals surface area contributed by atoms with E-state index < -0.39 is 0 Å². The van der Waals surface area contributed by atoms with Gasteiger partial charge in [0.25, 0.3) is 0 Å². The number of hydrogen-bond donors (Lipinski definition) is 0. The molecule has 0 N–H and O–H groups in total. The van der Waals surface area contributed by atoms with E-state index in [2.05, 4.69) is 166 Å². The minimum absolute atomic E-state index is 0. The second-order valence-corrected chi connectivity index (χ2v) is 17.5. The van der Waals surface area contributed by atoms with Crippen molar-refractivity contribution in [2.45, 2.75) is 54.9 Å². The van der Waals surface area contributed by atoms with E-state index in [1.165, 1.54) is 67.2 Å². The van der Waals surface area contributed by atoms with Crippen LogP contribution in [0.3, 0.4) is 0 Å². The van der Waals surface area contributed by atoms with Crippen molar-refractivity contribution in [3.8, 4) is 17.3 Å². The fourth-order valence-corrected chi connectivity index (χ4v) is 10.9. The van der Waals surface area contributed by atoms with Gasteiger partial charge in [-0.1, -0.05) is 95.5 Å². The molecule has 0 radical (unpaired) electrons. The van der Waals surface area contributed by atoms with Crippen molar-refractivity contribution in [3.63, 3.8) is 0 Å². The zero-order valence-electron chi connectivity index (χ0n) is 36.9. The molecule has 0 saturated heterocycles. The third-order valence-electron chi connectivity index (χ3n) is 13.2. The molecule has 0 aliphatic carbocycles. The predicted octanol–water partition coefficient (Wildman–Crippen LogP) is 12.1. The Kier molecular flexibility index (Phi) is 9.38. The van der Waals surface area contributed by atoms with Crippen molar-refractivity contribution < 1.29 is 25.5 Å². The Hall–Kier alpha value is -6.69. The van der Waals surface area contributed by atoms with E-state index in [4.69, 9.17) is 14.4 Å². The minimum Gasteiger partial charge on any atom is -0.481 e. The Morgan fingerprint density at radius 1 is 0.609 bits per heavy atom. The number of aromatic nitrogens is 3. The van der Waals surface area contributed by atoms with Gasteiger partial charge in [-0.15, -0.1) is 35.1 Å². The fourth-order valence-electron chi connectivity index (χ4n) is 10.9. The first-order valence-corrected chi connectivity index (χ1v) is 21.9. The molecule has 64 heavy (non-hydrogen) atoms. The summed E-state index contributed by atoms with van der Waals surface area (Å²) < 4.78 is 8.75. The molecule has 0 bridgehead atoms. The standard InChI is InChI=1S/C56H44BN5O.Pt/c1-8-38-27-49-53-50(28-38)62(55-36(6)25-33(3)26-37(55)7)48-30-41-40-15-9-11-17-45(40)60(52-19-13-14-22-58-52)47(41)31-43(48)57(53)42-29-39(56-59-44-16-10-12-18-51(44)63-56)20-21-46(42)61(49)54-34(4)23-32(2)24-35(54)5;/h9-28,30H,8H2,1-7H3;/q-2;+2. The van der Waals surface area contributed by atoms with Gasteiger partial charge in [-0.3, -0.25) is 4.98 Å². The summed E-state index contributed by atoms with van der Waals surface area (Å²) in [6.07, 6.45) is 2.76. The molecule has 0 spiro atoms. The van der Waals surface area contributed by atoms with Crippen molar-refractivity contribution >= 4 is 90.1 Å². The van der Waals surface area contributed by atoms with E-state index in [1.807, 2.05) is 36.5 Å². The molecule has 2 aliphatic rings. The van der Waals surface area contributed by atoms with E-state index in [0.717, 1.165) is 73.0 Å². The van der Waals surface area contributed by atoms with Crippen LogP contribution < -0.4 is 26.2 Å². The summed E-state index contributed by atoms with van der Waals surface area (Å²) in [5, 5.41) is 2.29. The summed E-state index contributed by atoms with van der Waals surface area (Å²) in [5.74, 6) is 1.41. The monoisotopic (exact) mass is 1010 g/mol. The first-order chi connectivity index (χ1) is 30.7. The summed E-state index contributed by atoms with van der Waals surface area (Å²) in [6, 6.07) is 51.9. The van der Waals surface area contributed by atoms with E-state index in [9.17, 15) is 0 Å². The molecule has 8 heteroatoms. The third-order valence-corrected chi connectivity index (χ3v) is 13.2. The van der Waals surface area contributed by atoms with Crippen LogP contribution in [-0.2, 0) is 27.5 Å². The number of rotatable bonds is 5. The van der Waals surface area contributed by atoms with Crippen molar-refractivity contribution in [1.82, 2.24) is 14.5 Å². The first kappa shape index (κ1) is 40.1. The van der Waals surface area contributed by atoms with E-state index in [-0.39, 0.29) is 27.8 Å². The molecule has 0 saturated carbocycles. The number of aryl methyl sites for hydroxylation is 7. The number of nitrogens with zero attached hydrogens (tertiary/aromatic N) is 5. The second kappa shape index (κ2) is 15.0. The quantitative estimate of drug-likeness (QED) is 0.127. The molecule has 0 fully saturated rings. The number of hydrogen-bond acceptors (Lipinski definition) is 5. The van der Waals surface area contributed by atoms with Crippen LogP contribution in [0.1, 0.15) is 45.9 Å². The van der Waals surface area contributed by atoms with Crippen molar-refractivity contribution in [2.24, 2.45) is 0 Å². The maximum atomic E-state index is 6.47. The summed E-state index contributed by atoms with van der Waals surface area (Å²) in [5.41, 5.74) is 23.5. The van der Waals surface area contributed by atoms with Crippen LogP contribution in [-0.4, -0.2) is 21.2 Å². The predicted molar refractivity (Wildman–Crippen MR) is 261 cm³/mol. The molecule has 0 unspecified atom stereocenters. The Labute approximate surface area is 388 Å². The van der Waals surface area contributed by atoms with Gasteiger partial charge in [0.15, 0.2) is 0 Å². The average molecular weight is 1010 g/mol. The zero-order chi connectivity index (χ0) is 42.8.